The summed E-state index contributed by atoms with van der Waals surface area (Å²) in [6.45, 7) is 6.45. The van der Waals surface area contributed by atoms with Gasteiger partial charge in [0.05, 0.1) is 0 Å². The number of rotatable bonds is 4. The molecule has 8 heteroatoms. The van der Waals surface area contributed by atoms with Crippen LogP contribution in [0.2, 0.25) is 5.02 Å². The summed E-state index contributed by atoms with van der Waals surface area (Å²) >= 11 is 5.98. The van der Waals surface area contributed by atoms with Crippen LogP contribution in [-0.2, 0) is 22.6 Å². The summed E-state index contributed by atoms with van der Waals surface area (Å²) in [7, 11) is 0. The SMILES string of the molecule is CCc1ccc(CN2CCN(C(=O)c3cccc(Cl)c3)CC2)cc1.O=C(O)C(=O)O. The highest BCUT2D eigenvalue weighted by Gasteiger charge is 2.22. The number of nitrogens with zero attached hydrogens (tertiary/aromatic N) is 2. The van der Waals surface area contributed by atoms with E-state index in [4.69, 9.17) is 31.4 Å². The fourth-order valence-corrected chi connectivity index (χ4v) is 3.24. The van der Waals surface area contributed by atoms with E-state index in [1.54, 1.807) is 12.1 Å². The van der Waals surface area contributed by atoms with Crippen molar-refractivity contribution in [1.82, 2.24) is 9.80 Å². The summed E-state index contributed by atoms with van der Waals surface area (Å²) in [4.78, 5) is 35.1. The van der Waals surface area contributed by atoms with Crippen LogP contribution in [0.15, 0.2) is 48.5 Å². The molecule has 1 amide bonds. The van der Waals surface area contributed by atoms with E-state index in [-0.39, 0.29) is 5.91 Å². The third-order valence-electron chi connectivity index (χ3n) is 4.75. The zero-order valence-corrected chi connectivity index (χ0v) is 17.5. The second-order valence-corrected chi connectivity index (χ2v) is 7.30. The van der Waals surface area contributed by atoms with Gasteiger partial charge in [-0.15, -0.1) is 0 Å². The molecule has 7 nitrogen and oxygen atoms in total. The first-order valence-corrected chi connectivity index (χ1v) is 9.99. The lowest BCUT2D eigenvalue weighted by Gasteiger charge is -2.34. The number of benzene rings is 2. The Morgan fingerprint density at radius 3 is 1.97 bits per heavy atom. The predicted molar refractivity (Wildman–Crippen MR) is 114 cm³/mol. The minimum absolute atomic E-state index is 0.0736. The second kappa shape index (κ2) is 11.3. The molecule has 1 fully saturated rings. The van der Waals surface area contributed by atoms with Gasteiger partial charge < -0.3 is 15.1 Å². The molecule has 0 saturated carbocycles. The Morgan fingerprint density at radius 1 is 0.900 bits per heavy atom. The van der Waals surface area contributed by atoms with Crippen LogP contribution in [-0.4, -0.2) is 64.0 Å². The third kappa shape index (κ3) is 7.17. The first-order chi connectivity index (χ1) is 14.3. The Balaban J connectivity index is 0.000000469. The molecule has 0 spiro atoms. The van der Waals surface area contributed by atoms with Gasteiger partial charge in [0.2, 0.25) is 0 Å². The van der Waals surface area contributed by atoms with Crippen LogP contribution in [0.1, 0.15) is 28.4 Å². The van der Waals surface area contributed by atoms with Crippen molar-refractivity contribution >= 4 is 29.4 Å². The molecular weight excluding hydrogens is 408 g/mol. The van der Waals surface area contributed by atoms with Crippen molar-refractivity contribution in [3.05, 3.63) is 70.2 Å². The van der Waals surface area contributed by atoms with Gasteiger partial charge in [-0.3, -0.25) is 9.69 Å². The normalized spacial score (nSPS) is 13.9. The van der Waals surface area contributed by atoms with E-state index >= 15 is 0 Å². The van der Waals surface area contributed by atoms with Gasteiger partial charge >= 0.3 is 11.9 Å². The van der Waals surface area contributed by atoms with Crippen LogP contribution >= 0.6 is 11.6 Å². The fraction of sp³-hybridized carbons (Fsp3) is 0.318. The highest BCUT2D eigenvalue weighted by Crippen LogP contribution is 2.15. The number of aryl methyl sites for hydroxylation is 1. The molecule has 0 radical (unpaired) electrons. The maximum atomic E-state index is 12.5. The molecule has 2 aromatic rings. The van der Waals surface area contributed by atoms with Gasteiger partial charge in [0.15, 0.2) is 0 Å². The third-order valence-corrected chi connectivity index (χ3v) is 4.99. The number of aliphatic carboxylic acids is 2. The fourth-order valence-electron chi connectivity index (χ4n) is 3.05. The van der Waals surface area contributed by atoms with Crippen molar-refractivity contribution in [2.24, 2.45) is 0 Å². The molecule has 1 heterocycles. The molecule has 160 valence electrons. The van der Waals surface area contributed by atoms with Gasteiger partial charge in [-0.25, -0.2) is 9.59 Å². The molecular formula is C22H25ClN2O5. The summed E-state index contributed by atoms with van der Waals surface area (Å²) in [5.74, 6) is -3.57. The first-order valence-electron chi connectivity index (χ1n) is 9.61. The second-order valence-electron chi connectivity index (χ2n) is 6.86. The van der Waals surface area contributed by atoms with Crippen molar-refractivity contribution in [3.63, 3.8) is 0 Å². The Kier molecular flexibility index (Phi) is 8.83. The molecule has 0 aromatic heterocycles. The van der Waals surface area contributed by atoms with Crippen LogP contribution in [0.25, 0.3) is 0 Å². The average Bonchev–Trinajstić information content (AvgIpc) is 2.75. The van der Waals surface area contributed by atoms with Gasteiger partial charge in [0, 0.05) is 43.3 Å². The molecule has 2 aromatic carbocycles. The van der Waals surface area contributed by atoms with E-state index in [2.05, 4.69) is 36.1 Å². The number of hydrogen-bond donors (Lipinski definition) is 2. The van der Waals surface area contributed by atoms with E-state index < -0.39 is 11.9 Å². The highest BCUT2D eigenvalue weighted by atomic mass is 35.5. The maximum absolute atomic E-state index is 12.5. The average molecular weight is 433 g/mol. The lowest BCUT2D eigenvalue weighted by atomic mass is 10.1. The number of carboxylic acid groups (broad SMARTS) is 2. The lowest BCUT2D eigenvalue weighted by Crippen LogP contribution is -2.48. The molecule has 0 unspecified atom stereocenters. The highest BCUT2D eigenvalue weighted by molar-refractivity contribution is 6.31. The van der Waals surface area contributed by atoms with Gasteiger partial charge in [-0.2, -0.15) is 0 Å². The van der Waals surface area contributed by atoms with Gasteiger partial charge in [-0.05, 0) is 35.7 Å². The summed E-state index contributed by atoms with van der Waals surface area (Å²) in [6, 6.07) is 16.0. The number of piperazine rings is 1. The molecule has 1 aliphatic heterocycles. The van der Waals surface area contributed by atoms with Crippen molar-refractivity contribution in [3.8, 4) is 0 Å². The van der Waals surface area contributed by atoms with Crippen LogP contribution in [0, 0.1) is 0 Å². The monoisotopic (exact) mass is 432 g/mol. The number of halogens is 1. The van der Waals surface area contributed by atoms with E-state index in [9.17, 15) is 4.79 Å². The van der Waals surface area contributed by atoms with Crippen LogP contribution in [0.3, 0.4) is 0 Å². The summed E-state index contributed by atoms with van der Waals surface area (Å²) in [5, 5.41) is 15.4. The van der Waals surface area contributed by atoms with E-state index in [1.165, 1.54) is 11.1 Å². The Labute approximate surface area is 180 Å². The van der Waals surface area contributed by atoms with E-state index in [0.29, 0.717) is 10.6 Å². The van der Waals surface area contributed by atoms with E-state index in [0.717, 1.165) is 39.1 Å². The van der Waals surface area contributed by atoms with Crippen LogP contribution < -0.4 is 0 Å². The van der Waals surface area contributed by atoms with Crippen LogP contribution in [0.5, 0.6) is 0 Å². The molecule has 0 bridgehead atoms. The Hall–Kier alpha value is -2.90. The zero-order chi connectivity index (χ0) is 22.1. The number of amides is 1. The van der Waals surface area contributed by atoms with Crippen LogP contribution in [0.4, 0.5) is 0 Å². The smallest absolute Gasteiger partial charge is 0.414 e. The lowest BCUT2D eigenvalue weighted by molar-refractivity contribution is -0.159. The van der Waals surface area contributed by atoms with Crippen molar-refractivity contribution < 1.29 is 24.6 Å². The van der Waals surface area contributed by atoms with E-state index in [1.807, 2.05) is 17.0 Å². The zero-order valence-electron chi connectivity index (χ0n) is 16.8. The van der Waals surface area contributed by atoms with Crippen molar-refractivity contribution in [2.75, 3.05) is 26.2 Å². The van der Waals surface area contributed by atoms with Gasteiger partial charge in [-0.1, -0.05) is 48.9 Å². The Morgan fingerprint density at radius 2 is 1.47 bits per heavy atom. The predicted octanol–water partition coefficient (Wildman–Crippen LogP) is 3.02. The van der Waals surface area contributed by atoms with Crippen molar-refractivity contribution in [2.45, 2.75) is 19.9 Å². The van der Waals surface area contributed by atoms with Gasteiger partial charge in [0.25, 0.3) is 5.91 Å². The molecule has 0 atom stereocenters. The minimum atomic E-state index is -1.82. The number of carbonyl (C=O) groups is 3. The molecule has 1 aliphatic rings. The number of hydrogen-bond acceptors (Lipinski definition) is 4. The quantitative estimate of drug-likeness (QED) is 0.720. The number of carbonyl (C=O) groups excluding carboxylic acids is 1. The summed E-state index contributed by atoms with van der Waals surface area (Å²) in [6.07, 6.45) is 1.07. The number of carboxylic acids is 2. The molecule has 30 heavy (non-hydrogen) atoms. The Bertz CT molecular complexity index is 865. The molecule has 2 N–H and O–H groups in total. The minimum Gasteiger partial charge on any atom is -0.473 e. The maximum Gasteiger partial charge on any atom is 0.414 e. The standard InChI is InChI=1S/C20H23ClN2O.C2H2O4/c1-2-16-6-8-17(9-7-16)15-22-10-12-23(13-11-22)20(24)18-4-3-5-19(21)14-18;3-1(4)2(5)6/h3-9,14H,2,10-13,15H2,1H3;(H,3,4)(H,5,6). The largest absolute Gasteiger partial charge is 0.473 e. The van der Waals surface area contributed by atoms with Gasteiger partial charge in [0.1, 0.15) is 0 Å². The topological polar surface area (TPSA) is 98.2 Å². The molecule has 1 saturated heterocycles. The summed E-state index contributed by atoms with van der Waals surface area (Å²) < 4.78 is 0. The molecule has 0 aliphatic carbocycles. The first kappa shape index (κ1) is 23.4. The summed E-state index contributed by atoms with van der Waals surface area (Å²) in [5.41, 5.74) is 3.38. The molecule has 3 rings (SSSR count). The van der Waals surface area contributed by atoms with Crippen molar-refractivity contribution in [1.29, 1.82) is 0 Å².